The molecule has 0 aromatic heterocycles. The Morgan fingerprint density at radius 3 is 2.67 bits per heavy atom. The van der Waals surface area contributed by atoms with E-state index in [9.17, 15) is 9.18 Å². The molecule has 1 unspecified atom stereocenters. The number of anilines is 1. The topological polar surface area (TPSA) is 55.1 Å². The second kappa shape index (κ2) is 6.88. The average molecular weight is 286 g/mol. The predicted octanol–water partition coefficient (Wildman–Crippen LogP) is 3.33. The van der Waals surface area contributed by atoms with Crippen molar-refractivity contribution < 1.29 is 9.18 Å². The highest BCUT2D eigenvalue weighted by molar-refractivity contribution is 5.95. The number of nitrogens with one attached hydrogen (secondary N) is 1. The van der Waals surface area contributed by atoms with Crippen LogP contribution >= 0.6 is 0 Å². The summed E-state index contributed by atoms with van der Waals surface area (Å²) in [6.45, 7) is 2.59. The van der Waals surface area contributed by atoms with Crippen molar-refractivity contribution in [1.82, 2.24) is 5.32 Å². The third-order valence-corrected chi connectivity index (χ3v) is 3.47. The number of hydrogen-bond acceptors (Lipinski definition) is 2. The second-order valence-electron chi connectivity index (χ2n) is 5.10. The first kappa shape index (κ1) is 15.0. The maximum absolute atomic E-state index is 13.6. The minimum Gasteiger partial charge on any atom is -0.399 e. The van der Waals surface area contributed by atoms with Crippen molar-refractivity contribution >= 4 is 11.6 Å². The van der Waals surface area contributed by atoms with Crippen molar-refractivity contribution in [1.29, 1.82) is 0 Å². The number of carbonyl (C=O) groups excluding carboxylic acids is 1. The highest BCUT2D eigenvalue weighted by atomic mass is 19.1. The summed E-state index contributed by atoms with van der Waals surface area (Å²) in [5, 5.41) is 2.73. The van der Waals surface area contributed by atoms with Crippen LogP contribution in [0.15, 0.2) is 48.5 Å². The minimum absolute atomic E-state index is 0.0117. The molecule has 0 radical (unpaired) electrons. The van der Waals surface area contributed by atoms with Gasteiger partial charge in [-0.1, -0.05) is 37.3 Å². The largest absolute Gasteiger partial charge is 0.399 e. The number of nitrogen functional groups attached to an aromatic ring is 1. The molecule has 3 nitrogen and oxygen atoms in total. The lowest BCUT2D eigenvalue weighted by molar-refractivity contribution is 0.0948. The van der Waals surface area contributed by atoms with Gasteiger partial charge in [-0.2, -0.15) is 0 Å². The Hall–Kier alpha value is -2.36. The van der Waals surface area contributed by atoms with Crippen molar-refractivity contribution in [3.8, 4) is 0 Å². The van der Waals surface area contributed by atoms with E-state index in [0.717, 1.165) is 6.42 Å². The maximum Gasteiger partial charge on any atom is 0.254 e. The lowest BCUT2D eigenvalue weighted by Crippen LogP contribution is -2.26. The SMILES string of the molecule is CC(CCNC(=O)c1cc(N)ccc1F)c1ccccc1. The van der Waals surface area contributed by atoms with Crippen LogP contribution in [0.1, 0.15) is 35.2 Å². The Kier molecular flexibility index (Phi) is 4.93. The Labute approximate surface area is 124 Å². The molecule has 0 fully saturated rings. The minimum atomic E-state index is -0.558. The zero-order chi connectivity index (χ0) is 15.2. The fourth-order valence-electron chi connectivity index (χ4n) is 2.16. The summed E-state index contributed by atoms with van der Waals surface area (Å²) >= 11 is 0. The fraction of sp³-hybridized carbons (Fsp3) is 0.235. The van der Waals surface area contributed by atoms with Gasteiger partial charge in [-0.15, -0.1) is 0 Å². The van der Waals surface area contributed by atoms with Gasteiger partial charge in [-0.3, -0.25) is 4.79 Å². The van der Waals surface area contributed by atoms with Gasteiger partial charge in [-0.25, -0.2) is 4.39 Å². The van der Waals surface area contributed by atoms with Gasteiger partial charge in [0.2, 0.25) is 0 Å². The summed E-state index contributed by atoms with van der Waals surface area (Å²) in [6.07, 6.45) is 0.791. The van der Waals surface area contributed by atoms with Gasteiger partial charge >= 0.3 is 0 Å². The Morgan fingerprint density at radius 1 is 1.24 bits per heavy atom. The number of amides is 1. The summed E-state index contributed by atoms with van der Waals surface area (Å²) in [6, 6.07) is 14.1. The average Bonchev–Trinajstić information content (AvgIpc) is 2.50. The molecule has 2 rings (SSSR count). The quantitative estimate of drug-likeness (QED) is 0.828. The molecule has 1 amide bonds. The summed E-state index contributed by atoms with van der Waals surface area (Å²) < 4.78 is 13.6. The highest BCUT2D eigenvalue weighted by Crippen LogP contribution is 2.18. The van der Waals surface area contributed by atoms with Crippen molar-refractivity contribution in [2.45, 2.75) is 19.3 Å². The molecule has 3 N–H and O–H groups in total. The molecule has 1 atom stereocenters. The smallest absolute Gasteiger partial charge is 0.254 e. The maximum atomic E-state index is 13.6. The van der Waals surface area contributed by atoms with Gasteiger partial charge < -0.3 is 11.1 Å². The monoisotopic (exact) mass is 286 g/mol. The molecule has 0 aliphatic heterocycles. The van der Waals surface area contributed by atoms with E-state index in [2.05, 4.69) is 24.4 Å². The summed E-state index contributed by atoms with van der Waals surface area (Å²) in [4.78, 5) is 11.9. The number of hydrogen-bond donors (Lipinski definition) is 2. The molecule has 0 aliphatic carbocycles. The van der Waals surface area contributed by atoms with E-state index in [0.29, 0.717) is 18.2 Å². The van der Waals surface area contributed by atoms with E-state index in [1.807, 2.05) is 18.2 Å². The fourth-order valence-corrected chi connectivity index (χ4v) is 2.16. The van der Waals surface area contributed by atoms with Crippen molar-refractivity contribution in [3.63, 3.8) is 0 Å². The van der Waals surface area contributed by atoms with Crippen molar-refractivity contribution in [2.75, 3.05) is 12.3 Å². The van der Waals surface area contributed by atoms with Crippen LogP contribution in [-0.2, 0) is 0 Å². The van der Waals surface area contributed by atoms with Crippen LogP contribution in [0.25, 0.3) is 0 Å². The van der Waals surface area contributed by atoms with Crippen LogP contribution in [0.4, 0.5) is 10.1 Å². The van der Waals surface area contributed by atoms with Gasteiger partial charge in [0.1, 0.15) is 5.82 Å². The lowest BCUT2D eigenvalue weighted by atomic mass is 9.98. The number of carbonyl (C=O) groups is 1. The van der Waals surface area contributed by atoms with Crippen LogP contribution in [-0.4, -0.2) is 12.5 Å². The molecular formula is C17H19FN2O. The predicted molar refractivity (Wildman–Crippen MR) is 82.6 cm³/mol. The van der Waals surface area contributed by atoms with Gasteiger partial charge in [0.15, 0.2) is 0 Å². The molecule has 110 valence electrons. The Balaban J connectivity index is 1.88. The number of nitrogens with two attached hydrogens (primary N) is 1. The van der Waals surface area contributed by atoms with Gasteiger partial charge in [0.25, 0.3) is 5.91 Å². The third kappa shape index (κ3) is 4.05. The van der Waals surface area contributed by atoms with E-state index in [1.54, 1.807) is 0 Å². The van der Waals surface area contributed by atoms with E-state index in [1.165, 1.54) is 23.8 Å². The van der Waals surface area contributed by atoms with Gasteiger partial charge in [-0.05, 0) is 36.1 Å². The van der Waals surface area contributed by atoms with Crippen LogP contribution in [0.5, 0.6) is 0 Å². The molecule has 0 spiro atoms. The Morgan fingerprint density at radius 2 is 1.95 bits per heavy atom. The van der Waals surface area contributed by atoms with Crippen molar-refractivity contribution in [3.05, 3.63) is 65.5 Å². The first-order valence-electron chi connectivity index (χ1n) is 6.96. The summed E-state index contributed by atoms with van der Waals surface area (Å²) in [5.41, 5.74) is 7.16. The van der Waals surface area contributed by atoms with Gasteiger partial charge in [0.05, 0.1) is 5.56 Å². The number of benzene rings is 2. The molecule has 0 saturated carbocycles. The number of halogens is 1. The van der Waals surface area contributed by atoms with Gasteiger partial charge in [0, 0.05) is 12.2 Å². The summed E-state index contributed by atoms with van der Waals surface area (Å²) in [5.74, 6) is -0.657. The van der Waals surface area contributed by atoms with E-state index in [4.69, 9.17) is 5.73 Å². The molecule has 0 heterocycles. The van der Waals surface area contributed by atoms with Crippen LogP contribution in [0.3, 0.4) is 0 Å². The molecule has 4 heteroatoms. The highest BCUT2D eigenvalue weighted by Gasteiger charge is 2.12. The second-order valence-corrected chi connectivity index (χ2v) is 5.10. The van der Waals surface area contributed by atoms with Crippen LogP contribution in [0, 0.1) is 5.82 Å². The van der Waals surface area contributed by atoms with E-state index < -0.39 is 11.7 Å². The first-order chi connectivity index (χ1) is 10.1. The first-order valence-corrected chi connectivity index (χ1v) is 6.96. The van der Waals surface area contributed by atoms with Crippen LogP contribution in [0.2, 0.25) is 0 Å². The standard InChI is InChI=1S/C17H19FN2O/c1-12(13-5-3-2-4-6-13)9-10-20-17(21)15-11-14(19)7-8-16(15)18/h2-8,11-12H,9-10,19H2,1H3,(H,20,21). The molecule has 2 aromatic rings. The van der Waals surface area contributed by atoms with E-state index in [-0.39, 0.29) is 5.56 Å². The number of rotatable bonds is 5. The molecule has 2 aromatic carbocycles. The molecular weight excluding hydrogens is 267 g/mol. The zero-order valence-electron chi connectivity index (χ0n) is 12.0. The normalized spacial score (nSPS) is 11.9. The van der Waals surface area contributed by atoms with Crippen LogP contribution < -0.4 is 11.1 Å². The lowest BCUT2D eigenvalue weighted by Gasteiger charge is -2.12. The molecule has 0 saturated heterocycles. The zero-order valence-corrected chi connectivity index (χ0v) is 12.0. The van der Waals surface area contributed by atoms with Crippen molar-refractivity contribution in [2.24, 2.45) is 0 Å². The molecule has 21 heavy (non-hydrogen) atoms. The third-order valence-electron chi connectivity index (χ3n) is 3.47. The summed E-state index contributed by atoms with van der Waals surface area (Å²) in [7, 11) is 0. The Bertz CT molecular complexity index is 613. The molecule has 0 bridgehead atoms. The molecule has 0 aliphatic rings. The van der Waals surface area contributed by atoms with E-state index >= 15 is 0 Å².